The predicted molar refractivity (Wildman–Crippen MR) is 225 cm³/mol. The molecule has 4 fully saturated rings. The number of hydrogen-bond acceptors (Lipinski definition) is 5. The number of aliphatic hydroxyl groups is 2. The fourth-order valence-corrected chi connectivity index (χ4v) is 11.3. The smallest absolute Gasteiger partial charge is 0.321 e. The van der Waals surface area contributed by atoms with Gasteiger partial charge < -0.3 is 25.2 Å². The van der Waals surface area contributed by atoms with Gasteiger partial charge in [0.1, 0.15) is 11.6 Å². The number of ether oxygens (including phenoxy) is 1. The number of allylic oxidation sites excluding steroid dienone is 2. The number of hydrogen-bond donors (Lipinski definition) is 3. The topological polar surface area (TPSA) is 99.1 Å². The molecular formula is C48H60ClFN2O5. The van der Waals surface area contributed by atoms with Gasteiger partial charge in [0.15, 0.2) is 5.78 Å². The Hall–Kier alpha value is -3.72. The highest BCUT2D eigenvalue weighted by Gasteiger charge is 2.59. The van der Waals surface area contributed by atoms with Crippen LogP contribution in [0.5, 0.6) is 5.75 Å². The first-order valence-corrected chi connectivity index (χ1v) is 21.3. The van der Waals surface area contributed by atoms with Crippen molar-refractivity contribution in [2.24, 2.45) is 28.6 Å². The van der Waals surface area contributed by atoms with Crippen LogP contribution in [0.1, 0.15) is 118 Å². The number of nitrogens with zero attached hydrogens (tertiary/aromatic N) is 1. The number of ketones is 1. The minimum absolute atomic E-state index is 0.149. The van der Waals surface area contributed by atoms with Gasteiger partial charge in [-0.2, -0.15) is 0 Å². The molecule has 0 radical (unpaired) electrons. The normalized spacial score (nSPS) is 29.4. The first kappa shape index (κ1) is 41.4. The van der Waals surface area contributed by atoms with Gasteiger partial charge in [0.2, 0.25) is 0 Å². The van der Waals surface area contributed by atoms with Crippen molar-refractivity contribution >= 4 is 29.1 Å². The van der Waals surface area contributed by atoms with Crippen LogP contribution in [0.2, 0.25) is 5.02 Å². The summed E-state index contributed by atoms with van der Waals surface area (Å²) in [4.78, 5) is 30.8. The van der Waals surface area contributed by atoms with Gasteiger partial charge in [0, 0.05) is 40.2 Å². The zero-order valence-corrected chi connectivity index (χ0v) is 35.0. The average Bonchev–Trinajstić information content (AvgIpc) is 3.43. The highest BCUT2D eigenvalue weighted by Crippen LogP contribution is 2.62. The van der Waals surface area contributed by atoms with Crippen LogP contribution in [0, 0.1) is 34.4 Å². The molecule has 0 unspecified atom stereocenters. The van der Waals surface area contributed by atoms with E-state index in [9.17, 15) is 19.8 Å². The van der Waals surface area contributed by atoms with E-state index in [1.54, 1.807) is 13.2 Å². The second-order valence-corrected chi connectivity index (χ2v) is 18.9. The summed E-state index contributed by atoms with van der Waals surface area (Å²) in [6.45, 7) is 9.67. The average molecular weight is 799 g/mol. The van der Waals surface area contributed by atoms with Crippen LogP contribution in [-0.4, -0.2) is 58.8 Å². The van der Waals surface area contributed by atoms with Gasteiger partial charge >= 0.3 is 6.03 Å². The van der Waals surface area contributed by atoms with Crippen LogP contribution in [0.4, 0.5) is 14.9 Å². The molecule has 57 heavy (non-hydrogen) atoms. The molecule has 306 valence electrons. The number of anilines is 1. The number of carbonyl (C=O) groups excluding carboxylic acids is 2. The molecule has 0 spiro atoms. The molecule has 4 bridgehead atoms. The Balaban J connectivity index is 1.26. The molecule has 3 N–H and O–H groups in total. The van der Waals surface area contributed by atoms with Gasteiger partial charge in [-0.1, -0.05) is 62.2 Å². The Morgan fingerprint density at radius 2 is 1.79 bits per heavy atom. The molecule has 3 aromatic carbocycles. The molecule has 0 heterocycles. The Bertz CT molecular complexity index is 1980. The van der Waals surface area contributed by atoms with Crippen LogP contribution in [0.15, 0.2) is 72.3 Å². The molecular weight excluding hydrogens is 739 g/mol. The summed E-state index contributed by atoms with van der Waals surface area (Å²) in [7, 11) is 1.61. The van der Waals surface area contributed by atoms with E-state index < -0.39 is 22.9 Å². The van der Waals surface area contributed by atoms with Crippen LogP contribution in [0.3, 0.4) is 0 Å². The number of aliphatic hydroxyl groups excluding tert-OH is 1. The molecule has 2 amide bonds. The first-order chi connectivity index (χ1) is 27.1. The summed E-state index contributed by atoms with van der Waals surface area (Å²) in [5.41, 5.74) is 2.32. The molecule has 9 heteroatoms. The first-order valence-electron chi connectivity index (χ1n) is 21.0. The lowest BCUT2D eigenvalue weighted by atomic mass is 9.45. The molecule has 4 saturated carbocycles. The van der Waals surface area contributed by atoms with Crippen molar-refractivity contribution in [3.05, 3.63) is 105 Å². The third-order valence-electron chi connectivity index (χ3n) is 14.9. The SMILES string of the molecule is COc1ccc(NC(=O)N(C[C@@H]2CC[C@H]3C[C@@H]2C3(C)C)C[C@]2(O)CC[C@H]3c4ccc(cc4C(=O)Cc4c(F)cccc4Cl)C[C@@H](O)CCC(C)=CCC[C@@]32C)cc1. The maximum Gasteiger partial charge on any atom is 0.321 e. The van der Waals surface area contributed by atoms with E-state index in [4.69, 9.17) is 16.3 Å². The van der Waals surface area contributed by atoms with E-state index in [-0.39, 0.29) is 46.7 Å². The van der Waals surface area contributed by atoms with Crippen LogP contribution in [0.25, 0.3) is 0 Å². The predicted octanol–water partition coefficient (Wildman–Crippen LogP) is 10.6. The van der Waals surface area contributed by atoms with E-state index in [1.165, 1.54) is 24.1 Å². The maximum atomic E-state index is 15.1. The van der Waals surface area contributed by atoms with Gasteiger partial charge in [-0.15, -0.1) is 0 Å². The number of amides is 2. The number of halogens is 2. The van der Waals surface area contributed by atoms with Gasteiger partial charge in [-0.05, 0) is 154 Å². The van der Waals surface area contributed by atoms with E-state index in [2.05, 4.69) is 39.1 Å². The number of fused-ring (bicyclic) bond motifs is 10. The lowest BCUT2D eigenvalue weighted by Gasteiger charge is -2.60. The fourth-order valence-electron chi connectivity index (χ4n) is 11.1. The second-order valence-electron chi connectivity index (χ2n) is 18.5. The number of nitrogens with one attached hydrogen (secondary N) is 1. The minimum atomic E-state index is -1.29. The summed E-state index contributed by atoms with van der Waals surface area (Å²) < 4.78 is 20.4. The standard InChI is InChI=1S/C48H60ClFN2O5/c1-30-8-7-22-47(4)40(37-20-12-31(24-35(53)17-11-30)25-38(37)44(54)27-39-42(49)9-6-10-43(39)50)21-23-48(47,56)29-52(28-32-13-14-33-26-41(32)46(33,2)3)45(55)51-34-15-18-36(57-5)19-16-34/h6,8-10,12,15-16,18-20,25,32-33,35,40-41,53,56H,7,11,13-14,17,21-24,26-29H2,1-5H3,(H,51,55)/t32-,33-,35-,40-,41-,47-,48+/m0/s1. The Morgan fingerprint density at radius 3 is 2.49 bits per heavy atom. The molecule has 3 aromatic rings. The largest absolute Gasteiger partial charge is 0.497 e. The summed E-state index contributed by atoms with van der Waals surface area (Å²) in [6, 6.07) is 17.4. The Labute approximate surface area is 343 Å². The Morgan fingerprint density at radius 1 is 1.02 bits per heavy atom. The van der Waals surface area contributed by atoms with E-state index in [0.29, 0.717) is 73.9 Å². The summed E-state index contributed by atoms with van der Waals surface area (Å²) in [5.74, 6) is 1.25. The van der Waals surface area contributed by atoms with Crippen molar-refractivity contribution in [3.63, 3.8) is 0 Å². The van der Waals surface area contributed by atoms with Crippen molar-refractivity contribution in [2.45, 2.75) is 116 Å². The molecule has 7 nitrogen and oxygen atoms in total. The van der Waals surface area contributed by atoms with E-state index in [0.717, 1.165) is 36.3 Å². The molecule has 6 aliphatic rings. The Kier molecular flexibility index (Phi) is 12.0. The van der Waals surface area contributed by atoms with Gasteiger partial charge in [0.25, 0.3) is 0 Å². The maximum absolute atomic E-state index is 15.1. The molecule has 9 rings (SSSR count). The summed E-state index contributed by atoms with van der Waals surface area (Å²) in [6.07, 6.45) is 8.90. The number of benzene rings is 3. The lowest BCUT2D eigenvalue weighted by molar-refractivity contribution is -0.117. The zero-order valence-electron chi connectivity index (χ0n) is 34.3. The van der Waals surface area contributed by atoms with Crippen molar-refractivity contribution < 1.29 is 28.9 Å². The second kappa shape index (κ2) is 16.5. The van der Waals surface area contributed by atoms with Crippen LogP contribution < -0.4 is 10.1 Å². The van der Waals surface area contributed by atoms with Gasteiger partial charge in [-0.25, -0.2) is 9.18 Å². The lowest BCUT2D eigenvalue weighted by Crippen LogP contribution is -2.58. The molecule has 0 saturated heterocycles. The highest BCUT2D eigenvalue weighted by atomic mass is 35.5. The van der Waals surface area contributed by atoms with Gasteiger partial charge in [0.05, 0.1) is 25.4 Å². The van der Waals surface area contributed by atoms with Crippen LogP contribution >= 0.6 is 11.6 Å². The summed E-state index contributed by atoms with van der Waals surface area (Å²) in [5, 5.41) is 27.6. The monoisotopic (exact) mass is 798 g/mol. The van der Waals surface area contributed by atoms with Crippen molar-refractivity contribution in [2.75, 3.05) is 25.5 Å². The number of Topliss-reactive ketones (excluding diaryl/α,β-unsaturated/α-hetero) is 1. The summed E-state index contributed by atoms with van der Waals surface area (Å²) >= 11 is 6.43. The van der Waals surface area contributed by atoms with Gasteiger partial charge in [-0.3, -0.25) is 4.79 Å². The van der Waals surface area contributed by atoms with Crippen molar-refractivity contribution in [1.82, 2.24) is 4.90 Å². The quantitative estimate of drug-likeness (QED) is 0.148. The van der Waals surface area contributed by atoms with E-state index in [1.807, 2.05) is 47.4 Å². The molecule has 0 aliphatic heterocycles. The van der Waals surface area contributed by atoms with Crippen molar-refractivity contribution in [1.29, 1.82) is 0 Å². The number of rotatable bonds is 9. The van der Waals surface area contributed by atoms with Crippen LogP contribution in [-0.2, 0) is 12.8 Å². The molecule has 7 atom stereocenters. The highest BCUT2D eigenvalue weighted by molar-refractivity contribution is 6.31. The number of carbonyl (C=O) groups is 2. The van der Waals surface area contributed by atoms with E-state index >= 15 is 4.39 Å². The minimum Gasteiger partial charge on any atom is -0.497 e. The fraction of sp³-hybridized carbons (Fsp3) is 0.542. The number of methoxy groups -OCH3 is 1. The third kappa shape index (κ3) is 8.29. The number of urea groups is 1. The van der Waals surface area contributed by atoms with Crippen molar-refractivity contribution in [3.8, 4) is 5.75 Å². The zero-order chi connectivity index (χ0) is 40.7. The third-order valence-corrected chi connectivity index (χ3v) is 15.3. The molecule has 0 aromatic heterocycles. The molecule has 6 aliphatic carbocycles.